The number of piperidine rings is 1. The minimum absolute atomic E-state index is 0.0462. The van der Waals surface area contributed by atoms with Gasteiger partial charge in [0, 0.05) is 43.0 Å². The van der Waals surface area contributed by atoms with Crippen molar-refractivity contribution in [3.05, 3.63) is 48.5 Å². The number of aromatic nitrogens is 2. The molecule has 1 saturated carbocycles. The Labute approximate surface area is 178 Å². The van der Waals surface area contributed by atoms with E-state index in [2.05, 4.69) is 27.4 Å². The van der Waals surface area contributed by atoms with Crippen molar-refractivity contribution in [1.82, 2.24) is 20.2 Å². The lowest BCUT2D eigenvalue weighted by Crippen LogP contribution is -2.55. The van der Waals surface area contributed by atoms with Crippen LogP contribution in [-0.4, -0.2) is 45.8 Å². The molecule has 1 aliphatic carbocycles. The van der Waals surface area contributed by atoms with E-state index < -0.39 is 5.41 Å². The molecule has 6 nitrogen and oxygen atoms in total. The smallest absolute Gasteiger partial charge is 0.228 e. The van der Waals surface area contributed by atoms with Crippen LogP contribution in [0.2, 0.25) is 0 Å². The van der Waals surface area contributed by atoms with Crippen LogP contribution in [0.1, 0.15) is 45.1 Å². The molecule has 2 aromatic rings. The Kier molecular flexibility index (Phi) is 5.84. The lowest BCUT2D eigenvalue weighted by atomic mass is 9.73. The Balaban J connectivity index is 1.67. The number of nitrogens with one attached hydrogen (secondary N) is 1. The number of carbonyl (C=O) groups is 2. The third kappa shape index (κ3) is 4.37. The molecule has 6 heteroatoms. The van der Waals surface area contributed by atoms with E-state index in [0.717, 1.165) is 48.9 Å². The predicted molar refractivity (Wildman–Crippen MR) is 115 cm³/mol. The summed E-state index contributed by atoms with van der Waals surface area (Å²) in [6, 6.07) is 8.19. The average molecular weight is 407 g/mol. The van der Waals surface area contributed by atoms with Crippen molar-refractivity contribution in [3.8, 4) is 11.1 Å². The van der Waals surface area contributed by atoms with Crippen molar-refractivity contribution >= 4 is 11.8 Å². The molecule has 0 unspecified atom stereocenters. The van der Waals surface area contributed by atoms with Gasteiger partial charge in [0.15, 0.2) is 0 Å². The largest absolute Gasteiger partial charge is 0.353 e. The Morgan fingerprint density at radius 1 is 1.20 bits per heavy atom. The van der Waals surface area contributed by atoms with Crippen molar-refractivity contribution in [2.24, 2.45) is 11.3 Å². The van der Waals surface area contributed by atoms with E-state index >= 15 is 0 Å². The molecule has 30 heavy (non-hydrogen) atoms. The first-order chi connectivity index (χ1) is 14.5. The second-order valence-electron chi connectivity index (χ2n) is 9.01. The number of benzene rings is 1. The zero-order chi connectivity index (χ0) is 21.1. The molecular formula is C24H30N4O2. The Bertz CT molecular complexity index is 910. The van der Waals surface area contributed by atoms with E-state index in [1.165, 1.54) is 6.33 Å². The summed E-state index contributed by atoms with van der Waals surface area (Å²) in [6.07, 6.45) is 9.30. The highest BCUT2D eigenvalue weighted by atomic mass is 16.2. The number of hydrogen-bond donors (Lipinski definition) is 1. The van der Waals surface area contributed by atoms with Crippen molar-refractivity contribution in [2.75, 3.05) is 13.1 Å². The Hall–Kier alpha value is -2.76. The fraction of sp³-hybridized carbons (Fsp3) is 0.500. The standard InChI is InChI=1S/C24H30N4O2/c1-17(2)27-23(30)24(10-5-11-28(15-24)22(29)18-8-9-18)12-19-6-3-4-7-21(19)20-13-25-16-26-14-20/h3-4,6-7,13-14,16-18H,5,8-12,15H2,1-2H3,(H,27,30)/t24-/m0/s1. The molecule has 1 aliphatic heterocycles. The maximum absolute atomic E-state index is 13.5. The van der Waals surface area contributed by atoms with E-state index in [1.54, 1.807) is 12.4 Å². The van der Waals surface area contributed by atoms with Crippen molar-refractivity contribution in [1.29, 1.82) is 0 Å². The highest BCUT2D eigenvalue weighted by Crippen LogP contribution is 2.39. The second kappa shape index (κ2) is 8.54. The highest BCUT2D eigenvalue weighted by Gasteiger charge is 2.46. The van der Waals surface area contributed by atoms with Gasteiger partial charge in [-0.3, -0.25) is 9.59 Å². The Morgan fingerprint density at radius 2 is 1.93 bits per heavy atom. The molecule has 0 radical (unpaired) electrons. The summed E-state index contributed by atoms with van der Waals surface area (Å²) in [6.45, 7) is 5.20. The minimum Gasteiger partial charge on any atom is -0.353 e. The van der Waals surface area contributed by atoms with Crippen LogP contribution in [0.25, 0.3) is 11.1 Å². The van der Waals surface area contributed by atoms with Crippen LogP contribution in [0.3, 0.4) is 0 Å². The zero-order valence-corrected chi connectivity index (χ0v) is 17.8. The molecule has 0 spiro atoms. The molecule has 4 rings (SSSR count). The quantitative estimate of drug-likeness (QED) is 0.799. The predicted octanol–water partition coefficient (Wildman–Crippen LogP) is 3.23. The molecule has 1 atom stereocenters. The van der Waals surface area contributed by atoms with Gasteiger partial charge in [-0.05, 0) is 57.1 Å². The fourth-order valence-electron chi connectivity index (χ4n) is 4.49. The van der Waals surface area contributed by atoms with Crippen LogP contribution >= 0.6 is 0 Å². The van der Waals surface area contributed by atoms with Crippen LogP contribution in [-0.2, 0) is 16.0 Å². The van der Waals surface area contributed by atoms with Crippen molar-refractivity contribution in [2.45, 2.75) is 52.0 Å². The van der Waals surface area contributed by atoms with E-state index in [4.69, 9.17) is 0 Å². The lowest BCUT2D eigenvalue weighted by Gasteiger charge is -2.42. The first-order valence-corrected chi connectivity index (χ1v) is 10.9. The van der Waals surface area contributed by atoms with E-state index in [1.807, 2.05) is 30.9 Å². The summed E-state index contributed by atoms with van der Waals surface area (Å²) in [4.78, 5) is 36.5. The number of rotatable bonds is 6. The summed E-state index contributed by atoms with van der Waals surface area (Å²) in [5.74, 6) is 0.439. The van der Waals surface area contributed by atoms with Gasteiger partial charge >= 0.3 is 0 Å². The first-order valence-electron chi connectivity index (χ1n) is 10.9. The molecule has 1 saturated heterocycles. The van der Waals surface area contributed by atoms with E-state index in [9.17, 15) is 9.59 Å². The molecule has 1 aromatic heterocycles. The van der Waals surface area contributed by atoms with Gasteiger partial charge in [-0.25, -0.2) is 9.97 Å². The highest BCUT2D eigenvalue weighted by molar-refractivity contribution is 5.86. The number of likely N-dealkylation sites (tertiary alicyclic amines) is 1. The van der Waals surface area contributed by atoms with Crippen LogP contribution in [0.15, 0.2) is 43.0 Å². The molecule has 2 aliphatic rings. The molecule has 0 bridgehead atoms. The monoisotopic (exact) mass is 406 g/mol. The summed E-state index contributed by atoms with van der Waals surface area (Å²) in [5.41, 5.74) is 2.44. The van der Waals surface area contributed by atoms with E-state index in [-0.39, 0.29) is 23.8 Å². The average Bonchev–Trinajstić information content (AvgIpc) is 3.59. The maximum atomic E-state index is 13.5. The summed E-state index contributed by atoms with van der Waals surface area (Å²) in [7, 11) is 0. The van der Waals surface area contributed by atoms with Gasteiger partial charge in [-0.15, -0.1) is 0 Å². The van der Waals surface area contributed by atoms with Crippen molar-refractivity contribution in [3.63, 3.8) is 0 Å². The lowest BCUT2D eigenvalue weighted by molar-refractivity contribution is -0.142. The normalized spacial score (nSPS) is 21.5. The molecular weight excluding hydrogens is 376 g/mol. The van der Waals surface area contributed by atoms with Gasteiger partial charge in [-0.2, -0.15) is 0 Å². The number of amides is 2. The topological polar surface area (TPSA) is 75.2 Å². The molecule has 1 aromatic carbocycles. The van der Waals surface area contributed by atoms with Gasteiger partial charge in [0.2, 0.25) is 11.8 Å². The fourth-order valence-corrected chi connectivity index (χ4v) is 4.49. The first kappa shape index (κ1) is 20.5. The van der Waals surface area contributed by atoms with Crippen molar-refractivity contribution < 1.29 is 9.59 Å². The number of hydrogen-bond acceptors (Lipinski definition) is 4. The molecule has 1 N–H and O–H groups in total. The van der Waals surface area contributed by atoms with Gasteiger partial charge in [0.25, 0.3) is 0 Å². The summed E-state index contributed by atoms with van der Waals surface area (Å²) >= 11 is 0. The van der Waals surface area contributed by atoms with Gasteiger partial charge in [0.05, 0.1) is 5.41 Å². The Morgan fingerprint density at radius 3 is 2.63 bits per heavy atom. The minimum atomic E-state index is -0.626. The molecule has 2 amide bonds. The third-order valence-corrected chi connectivity index (χ3v) is 6.13. The van der Waals surface area contributed by atoms with Gasteiger partial charge in [-0.1, -0.05) is 24.3 Å². The number of carbonyl (C=O) groups excluding carboxylic acids is 2. The zero-order valence-electron chi connectivity index (χ0n) is 17.8. The van der Waals surface area contributed by atoms with Crippen LogP contribution < -0.4 is 5.32 Å². The molecule has 158 valence electrons. The van der Waals surface area contributed by atoms with Crippen LogP contribution in [0.4, 0.5) is 0 Å². The van der Waals surface area contributed by atoms with Crippen LogP contribution in [0.5, 0.6) is 0 Å². The second-order valence-corrected chi connectivity index (χ2v) is 9.01. The third-order valence-electron chi connectivity index (χ3n) is 6.13. The van der Waals surface area contributed by atoms with Crippen LogP contribution in [0, 0.1) is 11.3 Å². The SMILES string of the molecule is CC(C)NC(=O)[C@]1(Cc2ccccc2-c2cncnc2)CCCN(C(=O)C2CC2)C1. The van der Waals surface area contributed by atoms with Gasteiger partial charge < -0.3 is 10.2 Å². The maximum Gasteiger partial charge on any atom is 0.228 e. The van der Waals surface area contributed by atoms with Gasteiger partial charge in [0.1, 0.15) is 6.33 Å². The number of nitrogens with zero attached hydrogens (tertiary/aromatic N) is 3. The molecule has 2 fully saturated rings. The van der Waals surface area contributed by atoms with E-state index in [0.29, 0.717) is 13.0 Å². The summed E-state index contributed by atoms with van der Waals surface area (Å²) < 4.78 is 0. The molecule has 2 heterocycles. The summed E-state index contributed by atoms with van der Waals surface area (Å²) in [5, 5.41) is 3.14.